The Morgan fingerprint density at radius 3 is 2.71 bits per heavy atom. The van der Waals surface area contributed by atoms with Crippen molar-refractivity contribution in [1.29, 1.82) is 5.26 Å². The van der Waals surface area contributed by atoms with Crippen LogP contribution >= 0.6 is 0 Å². The van der Waals surface area contributed by atoms with Crippen molar-refractivity contribution < 1.29 is 17.6 Å². The molecule has 0 spiro atoms. The van der Waals surface area contributed by atoms with Gasteiger partial charge in [-0.3, -0.25) is 4.79 Å². The topological polar surface area (TPSA) is 99.1 Å². The first-order valence-corrected chi connectivity index (χ1v) is 7.80. The van der Waals surface area contributed by atoms with Gasteiger partial charge >= 0.3 is 0 Å². The first-order chi connectivity index (χ1) is 9.83. The van der Waals surface area contributed by atoms with Crippen LogP contribution in [0.15, 0.2) is 23.1 Å². The summed E-state index contributed by atoms with van der Waals surface area (Å²) in [7, 11) is -4.17. The van der Waals surface area contributed by atoms with E-state index in [0.29, 0.717) is 13.0 Å². The maximum Gasteiger partial charge on any atom is 0.242 e. The Kier molecular flexibility index (Phi) is 5.81. The average Bonchev–Trinajstić information content (AvgIpc) is 2.43. The SMILES string of the molecule is CCCNC(=O)C(C)NS(=O)(=O)c1cccc(F)c1C#N. The minimum Gasteiger partial charge on any atom is -0.355 e. The van der Waals surface area contributed by atoms with Gasteiger partial charge in [-0.1, -0.05) is 13.0 Å². The van der Waals surface area contributed by atoms with Gasteiger partial charge < -0.3 is 5.32 Å². The fourth-order valence-electron chi connectivity index (χ4n) is 1.59. The molecule has 0 radical (unpaired) electrons. The van der Waals surface area contributed by atoms with Gasteiger partial charge in [0.1, 0.15) is 22.3 Å². The second-order valence-corrected chi connectivity index (χ2v) is 6.04. The predicted octanol–water partition coefficient (Wildman–Crippen LogP) is 0.890. The summed E-state index contributed by atoms with van der Waals surface area (Å²) in [5.41, 5.74) is -0.578. The van der Waals surface area contributed by atoms with E-state index in [4.69, 9.17) is 5.26 Å². The van der Waals surface area contributed by atoms with Gasteiger partial charge in [0.2, 0.25) is 15.9 Å². The van der Waals surface area contributed by atoms with E-state index in [-0.39, 0.29) is 0 Å². The Morgan fingerprint density at radius 1 is 1.48 bits per heavy atom. The van der Waals surface area contributed by atoms with Crippen molar-refractivity contribution in [3.05, 3.63) is 29.6 Å². The Bertz CT molecular complexity index is 668. The molecule has 1 aromatic carbocycles. The molecule has 2 N–H and O–H groups in total. The molecule has 0 bridgehead atoms. The maximum atomic E-state index is 13.4. The lowest BCUT2D eigenvalue weighted by atomic mass is 10.2. The molecule has 0 aliphatic heterocycles. The highest BCUT2D eigenvalue weighted by Crippen LogP contribution is 2.18. The molecule has 114 valence electrons. The van der Waals surface area contributed by atoms with Crippen LogP contribution in [0.25, 0.3) is 0 Å². The summed E-state index contributed by atoms with van der Waals surface area (Å²) >= 11 is 0. The van der Waals surface area contributed by atoms with Crippen LogP contribution in [0.2, 0.25) is 0 Å². The molecular formula is C13H16FN3O3S. The molecule has 1 rings (SSSR count). The van der Waals surface area contributed by atoms with E-state index in [1.807, 2.05) is 6.92 Å². The monoisotopic (exact) mass is 313 g/mol. The second-order valence-electron chi connectivity index (χ2n) is 4.36. The van der Waals surface area contributed by atoms with E-state index in [9.17, 15) is 17.6 Å². The first kappa shape index (κ1) is 17.1. The van der Waals surface area contributed by atoms with Crippen molar-refractivity contribution in [1.82, 2.24) is 10.0 Å². The van der Waals surface area contributed by atoms with E-state index in [1.165, 1.54) is 19.1 Å². The minimum absolute atomic E-state index is 0.425. The quantitative estimate of drug-likeness (QED) is 0.814. The van der Waals surface area contributed by atoms with Crippen LogP contribution in [0, 0.1) is 17.1 Å². The number of carbonyl (C=O) groups is 1. The van der Waals surface area contributed by atoms with Gasteiger partial charge in [-0.05, 0) is 25.5 Å². The van der Waals surface area contributed by atoms with Gasteiger partial charge in [0.15, 0.2) is 0 Å². The molecule has 1 atom stereocenters. The Labute approximate surface area is 123 Å². The summed E-state index contributed by atoms with van der Waals surface area (Å²) < 4.78 is 39.9. The lowest BCUT2D eigenvalue weighted by Crippen LogP contribution is -2.45. The van der Waals surface area contributed by atoms with Crippen molar-refractivity contribution in [2.45, 2.75) is 31.2 Å². The van der Waals surface area contributed by atoms with Crippen molar-refractivity contribution in [2.24, 2.45) is 0 Å². The number of nitriles is 1. The van der Waals surface area contributed by atoms with Gasteiger partial charge in [0, 0.05) is 6.54 Å². The van der Waals surface area contributed by atoms with Crippen molar-refractivity contribution >= 4 is 15.9 Å². The zero-order valence-electron chi connectivity index (χ0n) is 11.7. The second kappa shape index (κ2) is 7.15. The zero-order valence-corrected chi connectivity index (χ0v) is 12.5. The van der Waals surface area contributed by atoms with Gasteiger partial charge in [-0.15, -0.1) is 0 Å². The summed E-state index contributed by atoms with van der Waals surface area (Å²) in [6, 6.07) is 3.77. The molecule has 0 aliphatic rings. The van der Waals surface area contributed by atoms with Gasteiger partial charge in [0.25, 0.3) is 0 Å². The van der Waals surface area contributed by atoms with E-state index >= 15 is 0 Å². The zero-order chi connectivity index (χ0) is 16.0. The molecule has 0 saturated heterocycles. The molecule has 0 fully saturated rings. The van der Waals surface area contributed by atoms with Gasteiger partial charge in [-0.2, -0.15) is 9.98 Å². The maximum absolute atomic E-state index is 13.4. The highest BCUT2D eigenvalue weighted by atomic mass is 32.2. The number of rotatable bonds is 6. The molecule has 0 heterocycles. The number of halogens is 1. The third kappa shape index (κ3) is 4.24. The largest absolute Gasteiger partial charge is 0.355 e. The number of nitrogens with one attached hydrogen (secondary N) is 2. The van der Waals surface area contributed by atoms with Crippen LogP contribution in [0.5, 0.6) is 0 Å². The Morgan fingerprint density at radius 2 is 2.14 bits per heavy atom. The summed E-state index contributed by atoms with van der Waals surface area (Å²) in [6.07, 6.45) is 0.716. The molecule has 1 aromatic rings. The molecule has 6 nitrogen and oxygen atoms in total. The van der Waals surface area contributed by atoms with Crippen molar-refractivity contribution in [3.63, 3.8) is 0 Å². The third-order valence-electron chi connectivity index (χ3n) is 2.65. The van der Waals surface area contributed by atoms with E-state index in [2.05, 4.69) is 10.0 Å². The molecule has 0 saturated carbocycles. The number of amides is 1. The van der Waals surface area contributed by atoms with Crippen LogP contribution in [0.1, 0.15) is 25.8 Å². The minimum atomic E-state index is -4.17. The lowest BCUT2D eigenvalue weighted by Gasteiger charge is -2.14. The average molecular weight is 313 g/mol. The molecule has 0 aliphatic carbocycles. The third-order valence-corrected chi connectivity index (χ3v) is 4.23. The number of carbonyl (C=O) groups excluding carboxylic acids is 1. The Hall–Kier alpha value is -1.98. The normalized spacial score (nSPS) is 12.5. The highest BCUT2D eigenvalue weighted by molar-refractivity contribution is 7.89. The van der Waals surface area contributed by atoms with E-state index in [1.54, 1.807) is 0 Å². The summed E-state index contributed by atoms with van der Waals surface area (Å²) in [6.45, 7) is 3.66. The van der Waals surface area contributed by atoms with Gasteiger partial charge in [0.05, 0.1) is 6.04 Å². The lowest BCUT2D eigenvalue weighted by molar-refractivity contribution is -0.122. The summed E-state index contributed by atoms with van der Waals surface area (Å²) in [5.74, 6) is -1.42. The first-order valence-electron chi connectivity index (χ1n) is 6.32. The number of hydrogen-bond donors (Lipinski definition) is 2. The smallest absolute Gasteiger partial charge is 0.242 e. The predicted molar refractivity (Wildman–Crippen MR) is 74.2 cm³/mol. The van der Waals surface area contributed by atoms with E-state index in [0.717, 1.165) is 12.1 Å². The van der Waals surface area contributed by atoms with E-state index < -0.39 is 38.2 Å². The molecule has 21 heavy (non-hydrogen) atoms. The summed E-state index contributed by atoms with van der Waals surface area (Å²) in [5, 5.41) is 11.4. The van der Waals surface area contributed by atoms with Gasteiger partial charge in [-0.25, -0.2) is 12.8 Å². The standard InChI is InChI=1S/C13H16FN3O3S/c1-3-7-16-13(18)9(2)17-21(19,20)12-6-4-5-11(14)10(12)8-15/h4-6,9,17H,3,7H2,1-2H3,(H,16,18). The van der Waals surface area contributed by atoms with Crippen LogP contribution in [-0.2, 0) is 14.8 Å². The fraction of sp³-hybridized carbons (Fsp3) is 0.385. The van der Waals surface area contributed by atoms with Crippen LogP contribution in [0.4, 0.5) is 4.39 Å². The molecule has 1 amide bonds. The van der Waals surface area contributed by atoms with Crippen molar-refractivity contribution in [3.8, 4) is 6.07 Å². The van der Waals surface area contributed by atoms with Crippen LogP contribution in [-0.4, -0.2) is 26.9 Å². The fourth-order valence-corrected chi connectivity index (χ4v) is 2.96. The number of benzene rings is 1. The molecule has 1 unspecified atom stereocenters. The molecule has 8 heteroatoms. The summed E-state index contributed by atoms with van der Waals surface area (Å²) in [4.78, 5) is 11.2. The van der Waals surface area contributed by atoms with Crippen molar-refractivity contribution in [2.75, 3.05) is 6.54 Å². The van der Waals surface area contributed by atoms with Crippen LogP contribution in [0.3, 0.4) is 0 Å². The molecular weight excluding hydrogens is 297 g/mol. The molecule has 0 aromatic heterocycles. The number of hydrogen-bond acceptors (Lipinski definition) is 4. The van der Waals surface area contributed by atoms with Crippen LogP contribution < -0.4 is 10.0 Å². The Balaban J connectivity index is 3.01. The number of nitrogens with zero attached hydrogens (tertiary/aromatic N) is 1. The number of sulfonamides is 1. The highest BCUT2D eigenvalue weighted by Gasteiger charge is 2.25.